The smallest absolute Gasteiger partial charge is 0.164 e. The van der Waals surface area contributed by atoms with Gasteiger partial charge in [-0.1, -0.05) is 29.8 Å². The number of hydrazone groups is 1. The summed E-state index contributed by atoms with van der Waals surface area (Å²) in [5, 5.41) is 13.5. The summed E-state index contributed by atoms with van der Waals surface area (Å²) in [6.45, 7) is 0. The van der Waals surface area contributed by atoms with Crippen LogP contribution in [0.2, 0.25) is 5.02 Å². The molecule has 18 heavy (non-hydrogen) atoms. The highest BCUT2D eigenvalue weighted by molar-refractivity contribution is 6.33. The Labute approximate surface area is 110 Å². The number of nitrogens with zero attached hydrogens (tertiary/aromatic N) is 3. The van der Waals surface area contributed by atoms with Crippen molar-refractivity contribution < 1.29 is 0 Å². The van der Waals surface area contributed by atoms with E-state index in [0.717, 1.165) is 5.56 Å². The Morgan fingerprint density at radius 1 is 1.28 bits per heavy atom. The van der Waals surface area contributed by atoms with E-state index in [1.165, 1.54) is 0 Å². The monoisotopic (exact) mass is 256 g/mol. The largest absolute Gasteiger partial charge is 0.260 e. The number of nitriles is 1. The van der Waals surface area contributed by atoms with Crippen LogP contribution in [0, 0.1) is 11.3 Å². The zero-order valence-corrected chi connectivity index (χ0v) is 10.1. The normalized spacial score (nSPS) is 10.2. The van der Waals surface area contributed by atoms with Crippen LogP contribution in [0.5, 0.6) is 0 Å². The van der Waals surface area contributed by atoms with Gasteiger partial charge >= 0.3 is 0 Å². The molecule has 0 spiro atoms. The van der Waals surface area contributed by atoms with E-state index < -0.39 is 0 Å². The molecule has 2 aromatic rings. The maximum absolute atomic E-state index is 8.88. The van der Waals surface area contributed by atoms with Crippen LogP contribution in [0.4, 0.5) is 5.82 Å². The number of pyridine rings is 1. The Morgan fingerprint density at radius 2 is 2.11 bits per heavy atom. The number of benzene rings is 1. The second-order valence-electron chi connectivity index (χ2n) is 3.40. The maximum Gasteiger partial charge on any atom is 0.164 e. The van der Waals surface area contributed by atoms with Crippen molar-refractivity contribution in [2.24, 2.45) is 5.10 Å². The van der Waals surface area contributed by atoms with Crippen LogP contribution < -0.4 is 5.43 Å². The number of hydrogen-bond donors (Lipinski definition) is 1. The Morgan fingerprint density at radius 3 is 2.89 bits per heavy atom. The summed E-state index contributed by atoms with van der Waals surface area (Å²) in [4.78, 5) is 4.02. The predicted molar refractivity (Wildman–Crippen MR) is 71.6 cm³/mol. The summed E-state index contributed by atoms with van der Waals surface area (Å²) in [6, 6.07) is 12.7. The van der Waals surface area contributed by atoms with Crippen molar-refractivity contribution >= 4 is 23.6 Å². The number of anilines is 1. The van der Waals surface area contributed by atoms with Gasteiger partial charge in [-0.3, -0.25) is 5.43 Å². The maximum atomic E-state index is 8.88. The second kappa shape index (κ2) is 5.80. The number of aromatic nitrogens is 1. The van der Waals surface area contributed by atoms with Crippen LogP contribution in [-0.2, 0) is 0 Å². The van der Waals surface area contributed by atoms with E-state index in [4.69, 9.17) is 16.9 Å². The lowest BCUT2D eigenvalue weighted by Gasteiger charge is -2.01. The first kappa shape index (κ1) is 12.1. The molecule has 88 valence electrons. The summed E-state index contributed by atoms with van der Waals surface area (Å²) in [6.07, 6.45) is 3.17. The van der Waals surface area contributed by atoms with Gasteiger partial charge in [-0.05, 0) is 18.2 Å². The molecule has 2 rings (SSSR count). The summed E-state index contributed by atoms with van der Waals surface area (Å²) in [7, 11) is 0. The Bertz CT molecular complexity index is 616. The fourth-order valence-electron chi connectivity index (χ4n) is 1.33. The summed E-state index contributed by atoms with van der Waals surface area (Å²) >= 11 is 5.98. The van der Waals surface area contributed by atoms with Gasteiger partial charge in [0.05, 0.1) is 11.8 Å². The van der Waals surface area contributed by atoms with Crippen LogP contribution in [0.15, 0.2) is 47.7 Å². The molecular weight excluding hydrogens is 248 g/mol. The van der Waals surface area contributed by atoms with Gasteiger partial charge in [-0.15, -0.1) is 0 Å². The molecule has 1 N–H and O–H groups in total. The minimum Gasteiger partial charge on any atom is -0.260 e. The quantitative estimate of drug-likeness (QED) is 0.678. The van der Waals surface area contributed by atoms with Crippen LogP contribution in [0.3, 0.4) is 0 Å². The van der Waals surface area contributed by atoms with Crippen molar-refractivity contribution in [3.63, 3.8) is 0 Å². The average Bonchev–Trinajstić information content (AvgIpc) is 2.41. The molecule has 0 unspecified atom stereocenters. The third-order valence-electron chi connectivity index (χ3n) is 2.21. The summed E-state index contributed by atoms with van der Waals surface area (Å²) < 4.78 is 0. The van der Waals surface area contributed by atoms with Crippen molar-refractivity contribution in [1.82, 2.24) is 4.98 Å². The number of halogens is 1. The molecule has 0 fully saturated rings. The first-order chi connectivity index (χ1) is 8.81. The molecule has 5 heteroatoms. The van der Waals surface area contributed by atoms with Gasteiger partial charge in [0.25, 0.3) is 0 Å². The number of rotatable bonds is 3. The molecule has 1 heterocycles. The first-order valence-electron chi connectivity index (χ1n) is 5.20. The molecule has 0 saturated heterocycles. The van der Waals surface area contributed by atoms with Crippen LogP contribution in [0.1, 0.15) is 11.1 Å². The van der Waals surface area contributed by atoms with E-state index in [9.17, 15) is 0 Å². The van der Waals surface area contributed by atoms with Crippen LogP contribution in [-0.4, -0.2) is 11.2 Å². The van der Waals surface area contributed by atoms with Gasteiger partial charge in [0.1, 0.15) is 6.07 Å². The van der Waals surface area contributed by atoms with Gasteiger partial charge in [0, 0.05) is 16.8 Å². The van der Waals surface area contributed by atoms with Gasteiger partial charge in [-0.25, -0.2) is 4.98 Å². The third kappa shape index (κ3) is 2.84. The first-order valence-corrected chi connectivity index (χ1v) is 5.58. The van der Waals surface area contributed by atoms with Crippen molar-refractivity contribution in [1.29, 1.82) is 5.26 Å². The summed E-state index contributed by atoms with van der Waals surface area (Å²) in [5.41, 5.74) is 3.95. The fourth-order valence-corrected chi connectivity index (χ4v) is 1.51. The number of nitrogens with one attached hydrogen (secondary N) is 1. The molecule has 0 atom stereocenters. The lowest BCUT2D eigenvalue weighted by atomic mass is 10.2. The van der Waals surface area contributed by atoms with E-state index in [0.29, 0.717) is 16.4 Å². The number of hydrogen-bond acceptors (Lipinski definition) is 4. The Hall–Kier alpha value is -2.38. The molecule has 0 aliphatic rings. The molecule has 0 aliphatic carbocycles. The highest BCUT2D eigenvalue weighted by Crippen LogP contribution is 2.13. The topological polar surface area (TPSA) is 61.1 Å². The lowest BCUT2D eigenvalue weighted by molar-refractivity contribution is 1.21. The molecule has 0 radical (unpaired) electrons. The molecule has 4 nitrogen and oxygen atoms in total. The zero-order chi connectivity index (χ0) is 12.8. The molecule has 1 aromatic carbocycles. The van der Waals surface area contributed by atoms with Gasteiger partial charge in [0.2, 0.25) is 0 Å². The van der Waals surface area contributed by atoms with Gasteiger partial charge in [0.15, 0.2) is 5.82 Å². The Kier molecular flexibility index (Phi) is 3.90. The molecule has 0 bridgehead atoms. The van der Waals surface area contributed by atoms with Crippen molar-refractivity contribution in [2.45, 2.75) is 0 Å². The van der Waals surface area contributed by atoms with E-state index in [1.807, 2.05) is 24.3 Å². The van der Waals surface area contributed by atoms with E-state index in [-0.39, 0.29) is 0 Å². The summed E-state index contributed by atoms with van der Waals surface area (Å²) in [5.74, 6) is 0.420. The van der Waals surface area contributed by atoms with Crippen molar-refractivity contribution in [3.8, 4) is 6.07 Å². The van der Waals surface area contributed by atoms with E-state index in [1.54, 1.807) is 30.6 Å². The molecule has 1 aromatic heterocycles. The Balaban J connectivity index is 2.13. The average molecular weight is 257 g/mol. The highest BCUT2D eigenvalue weighted by atomic mass is 35.5. The van der Waals surface area contributed by atoms with Crippen molar-refractivity contribution in [2.75, 3.05) is 5.43 Å². The predicted octanol–water partition coefficient (Wildman–Crippen LogP) is 3.05. The van der Waals surface area contributed by atoms with Gasteiger partial charge < -0.3 is 0 Å². The van der Waals surface area contributed by atoms with Crippen LogP contribution in [0.25, 0.3) is 0 Å². The van der Waals surface area contributed by atoms with E-state index >= 15 is 0 Å². The van der Waals surface area contributed by atoms with Gasteiger partial charge in [-0.2, -0.15) is 10.4 Å². The standard InChI is InChI=1S/C13H9ClN4/c14-12-6-2-1-4-11(12)9-17-18-13-10(8-15)5-3-7-16-13/h1-7,9H,(H,16,18)/b17-9+. The SMILES string of the molecule is N#Cc1cccnc1N/N=C/c1ccccc1Cl. The molecule has 0 saturated carbocycles. The highest BCUT2D eigenvalue weighted by Gasteiger charge is 1.99. The lowest BCUT2D eigenvalue weighted by Crippen LogP contribution is -1.96. The third-order valence-corrected chi connectivity index (χ3v) is 2.55. The second-order valence-corrected chi connectivity index (χ2v) is 3.81. The molecule has 0 aliphatic heterocycles. The van der Waals surface area contributed by atoms with Crippen molar-refractivity contribution in [3.05, 3.63) is 58.7 Å². The fraction of sp³-hybridized carbons (Fsp3) is 0. The molecule has 0 amide bonds. The van der Waals surface area contributed by atoms with E-state index in [2.05, 4.69) is 15.5 Å². The van der Waals surface area contributed by atoms with Crippen LogP contribution >= 0.6 is 11.6 Å². The minimum absolute atomic E-state index is 0.420. The molecular formula is C13H9ClN4. The minimum atomic E-state index is 0.420. The zero-order valence-electron chi connectivity index (χ0n) is 9.34.